The minimum atomic E-state index is -0.537. The highest BCUT2D eigenvalue weighted by molar-refractivity contribution is 5.94. The van der Waals surface area contributed by atoms with Gasteiger partial charge in [-0.2, -0.15) is 0 Å². The van der Waals surface area contributed by atoms with Gasteiger partial charge in [-0.05, 0) is 44.6 Å². The molecule has 2 rings (SSSR count). The molecule has 1 heterocycles. The Morgan fingerprint density at radius 1 is 1.57 bits per heavy atom. The monoisotopic (exact) mass is 289 g/mol. The van der Waals surface area contributed by atoms with Crippen LogP contribution in [-0.4, -0.2) is 43.5 Å². The van der Waals surface area contributed by atoms with E-state index in [1.165, 1.54) is 12.1 Å². The minimum Gasteiger partial charge on any atom is -0.350 e. The second-order valence-electron chi connectivity index (χ2n) is 5.19. The smallest absolute Gasteiger partial charge is 0.254 e. The Morgan fingerprint density at radius 2 is 2.38 bits per heavy atom. The summed E-state index contributed by atoms with van der Waals surface area (Å²) in [4.78, 5) is 14.3. The Labute approximate surface area is 124 Å². The van der Waals surface area contributed by atoms with Crippen molar-refractivity contribution >= 4 is 5.91 Å². The Morgan fingerprint density at radius 3 is 3.05 bits per heavy atom. The summed E-state index contributed by atoms with van der Waals surface area (Å²) in [5, 5.41) is 2.80. The van der Waals surface area contributed by atoms with Crippen molar-refractivity contribution in [3.8, 4) is 11.8 Å². The van der Waals surface area contributed by atoms with Crippen LogP contribution in [0.5, 0.6) is 0 Å². The van der Waals surface area contributed by atoms with Gasteiger partial charge in [-0.25, -0.2) is 4.39 Å². The minimum absolute atomic E-state index is 0.0273. The van der Waals surface area contributed by atoms with Crippen LogP contribution >= 0.6 is 0 Å². The van der Waals surface area contributed by atoms with Crippen molar-refractivity contribution in [2.75, 3.05) is 26.7 Å². The maximum Gasteiger partial charge on any atom is 0.254 e. The average Bonchev–Trinajstić information content (AvgIpc) is 2.89. The van der Waals surface area contributed by atoms with Gasteiger partial charge in [-0.15, -0.1) is 0 Å². The third-order valence-electron chi connectivity index (χ3n) is 3.72. The summed E-state index contributed by atoms with van der Waals surface area (Å²) in [6.07, 6.45) is 2.19. The summed E-state index contributed by atoms with van der Waals surface area (Å²) in [7, 11) is 2.04. The van der Waals surface area contributed by atoms with E-state index in [0.29, 0.717) is 18.2 Å². The molecule has 1 atom stereocenters. The number of nitrogens with zero attached hydrogens (tertiary/aromatic N) is 1. The van der Waals surface area contributed by atoms with Crippen LogP contribution in [0.1, 0.15) is 28.8 Å². The quantitative estimate of drug-likeness (QED) is 0.815. The van der Waals surface area contributed by atoms with Gasteiger partial charge >= 0.3 is 0 Å². The zero-order valence-electron chi connectivity index (χ0n) is 12.2. The first-order valence-corrected chi connectivity index (χ1v) is 7.08. The average molecular weight is 289 g/mol. The van der Waals surface area contributed by atoms with Gasteiger partial charge in [0, 0.05) is 18.2 Å². The van der Waals surface area contributed by atoms with Gasteiger partial charge in [0.2, 0.25) is 0 Å². The van der Waals surface area contributed by atoms with Gasteiger partial charge in [0.05, 0.1) is 12.1 Å². The zero-order chi connectivity index (χ0) is 15.2. The van der Waals surface area contributed by atoms with Crippen LogP contribution in [0.15, 0.2) is 18.2 Å². The van der Waals surface area contributed by atoms with Crippen molar-refractivity contribution in [1.82, 2.24) is 10.2 Å². The number of likely N-dealkylation sites (N-methyl/N-ethyl adjacent to an activating group) is 1. The highest BCUT2D eigenvalue weighted by Crippen LogP contribution is 2.14. The third kappa shape index (κ3) is 4.03. The molecule has 1 aromatic rings. The Hall–Kier alpha value is -1.90. The SMILES string of the molecule is CN1CCCC1CNC(=O)c1cc(C#CCN)ccc1F. The van der Waals surface area contributed by atoms with Crippen LogP contribution in [-0.2, 0) is 0 Å². The fourth-order valence-corrected chi connectivity index (χ4v) is 2.47. The van der Waals surface area contributed by atoms with Crippen molar-refractivity contribution in [2.45, 2.75) is 18.9 Å². The van der Waals surface area contributed by atoms with Crippen LogP contribution in [0.2, 0.25) is 0 Å². The molecule has 1 saturated heterocycles. The third-order valence-corrected chi connectivity index (χ3v) is 3.72. The molecule has 0 saturated carbocycles. The van der Waals surface area contributed by atoms with Crippen LogP contribution < -0.4 is 11.1 Å². The molecular formula is C16H20FN3O. The normalized spacial score (nSPS) is 18.1. The van der Waals surface area contributed by atoms with Crippen LogP contribution in [0.3, 0.4) is 0 Å². The summed E-state index contributed by atoms with van der Waals surface area (Å²) in [5.74, 6) is 4.56. The summed E-state index contributed by atoms with van der Waals surface area (Å²) in [6.45, 7) is 1.81. The van der Waals surface area contributed by atoms with E-state index in [0.717, 1.165) is 19.4 Å². The molecule has 0 bridgehead atoms. The van der Waals surface area contributed by atoms with E-state index in [1.54, 1.807) is 6.07 Å². The fraction of sp³-hybridized carbons (Fsp3) is 0.438. The molecule has 0 aliphatic carbocycles. The first kappa shape index (κ1) is 15.5. The van der Waals surface area contributed by atoms with Crippen LogP contribution in [0.4, 0.5) is 4.39 Å². The molecule has 3 N–H and O–H groups in total. The molecule has 1 fully saturated rings. The Bertz CT molecular complexity index is 577. The first-order valence-electron chi connectivity index (χ1n) is 7.08. The van der Waals surface area contributed by atoms with Crippen molar-refractivity contribution in [1.29, 1.82) is 0 Å². The molecule has 1 aromatic carbocycles. The van der Waals surface area contributed by atoms with E-state index in [4.69, 9.17) is 5.73 Å². The standard InChI is InChI=1S/C16H20FN3O/c1-20-9-3-5-13(20)11-19-16(21)14-10-12(4-2-8-18)6-7-15(14)17/h6-7,10,13H,3,5,8-9,11,18H2,1H3,(H,19,21). The van der Waals surface area contributed by atoms with E-state index < -0.39 is 11.7 Å². The molecule has 112 valence electrons. The lowest BCUT2D eigenvalue weighted by atomic mass is 10.1. The van der Waals surface area contributed by atoms with Crippen LogP contribution in [0.25, 0.3) is 0 Å². The molecule has 1 aliphatic rings. The number of carbonyl (C=O) groups excluding carboxylic acids is 1. The highest BCUT2D eigenvalue weighted by Gasteiger charge is 2.22. The largest absolute Gasteiger partial charge is 0.350 e. The molecule has 1 aliphatic heterocycles. The van der Waals surface area contributed by atoms with Crippen molar-refractivity contribution in [3.05, 3.63) is 35.1 Å². The molecule has 21 heavy (non-hydrogen) atoms. The maximum atomic E-state index is 13.8. The molecule has 0 aromatic heterocycles. The second kappa shape index (κ2) is 7.21. The predicted molar refractivity (Wildman–Crippen MR) is 80.3 cm³/mol. The molecule has 5 heteroatoms. The lowest BCUT2D eigenvalue weighted by molar-refractivity contribution is 0.0939. The topological polar surface area (TPSA) is 58.4 Å². The van der Waals surface area contributed by atoms with Gasteiger partial charge in [0.1, 0.15) is 5.82 Å². The van der Waals surface area contributed by atoms with Crippen molar-refractivity contribution in [3.63, 3.8) is 0 Å². The number of rotatable bonds is 3. The number of likely N-dealkylation sites (tertiary alicyclic amines) is 1. The van der Waals surface area contributed by atoms with Gasteiger partial charge < -0.3 is 16.0 Å². The van der Waals surface area contributed by atoms with E-state index in [9.17, 15) is 9.18 Å². The van der Waals surface area contributed by atoms with E-state index in [2.05, 4.69) is 22.1 Å². The van der Waals surface area contributed by atoms with Gasteiger partial charge in [-0.3, -0.25) is 4.79 Å². The highest BCUT2D eigenvalue weighted by atomic mass is 19.1. The van der Waals surface area contributed by atoms with Crippen molar-refractivity contribution in [2.24, 2.45) is 5.73 Å². The lowest BCUT2D eigenvalue weighted by Crippen LogP contribution is -2.38. The molecule has 1 unspecified atom stereocenters. The predicted octanol–water partition coefficient (Wildman–Crippen LogP) is 0.960. The second-order valence-corrected chi connectivity index (χ2v) is 5.19. The summed E-state index contributed by atoms with van der Waals surface area (Å²) in [6, 6.07) is 4.60. The zero-order valence-corrected chi connectivity index (χ0v) is 12.2. The molecule has 0 spiro atoms. The first-order chi connectivity index (χ1) is 10.1. The number of halogens is 1. The number of hydrogen-bond donors (Lipinski definition) is 2. The molecule has 0 radical (unpaired) electrons. The number of amides is 1. The van der Waals surface area contributed by atoms with Gasteiger partial charge in [0.25, 0.3) is 5.91 Å². The molecule has 1 amide bonds. The van der Waals surface area contributed by atoms with E-state index in [1.807, 2.05) is 7.05 Å². The summed E-state index contributed by atoms with van der Waals surface area (Å²) >= 11 is 0. The Balaban J connectivity index is 2.04. The van der Waals surface area contributed by atoms with Gasteiger partial charge in [0.15, 0.2) is 0 Å². The van der Waals surface area contributed by atoms with Crippen molar-refractivity contribution < 1.29 is 9.18 Å². The maximum absolute atomic E-state index is 13.8. The van der Waals surface area contributed by atoms with Gasteiger partial charge in [-0.1, -0.05) is 11.8 Å². The number of carbonyl (C=O) groups is 1. The summed E-state index contributed by atoms with van der Waals surface area (Å²) in [5.41, 5.74) is 5.92. The lowest BCUT2D eigenvalue weighted by Gasteiger charge is -2.19. The van der Waals surface area contributed by atoms with E-state index in [-0.39, 0.29) is 12.1 Å². The van der Waals surface area contributed by atoms with E-state index >= 15 is 0 Å². The Kier molecular flexibility index (Phi) is 5.32. The summed E-state index contributed by atoms with van der Waals surface area (Å²) < 4.78 is 13.8. The molecule has 4 nitrogen and oxygen atoms in total. The number of hydrogen-bond acceptors (Lipinski definition) is 3. The number of benzene rings is 1. The fourth-order valence-electron chi connectivity index (χ4n) is 2.47. The number of nitrogens with one attached hydrogen (secondary N) is 1. The molecular weight excluding hydrogens is 269 g/mol. The van der Waals surface area contributed by atoms with Crippen LogP contribution in [0, 0.1) is 17.7 Å². The number of nitrogens with two attached hydrogens (primary N) is 1.